The molecule has 4 heterocycles. The summed E-state index contributed by atoms with van der Waals surface area (Å²) in [5, 5.41) is 0. The molecular weight excluding hydrogens is 390 g/mol. The highest BCUT2D eigenvalue weighted by molar-refractivity contribution is 5.92. The van der Waals surface area contributed by atoms with Crippen LogP contribution in [0.3, 0.4) is 0 Å². The molecule has 1 saturated heterocycles. The number of nitrogens with one attached hydrogen (secondary N) is 1. The first kappa shape index (κ1) is 20.4. The Labute approximate surface area is 182 Å². The number of hydrogen-bond donors (Lipinski definition) is 1. The minimum Gasteiger partial charge on any atom is -0.327 e. The second-order valence-electron chi connectivity index (χ2n) is 9.24. The molecule has 1 amide bonds. The zero-order chi connectivity index (χ0) is 21.2. The molecule has 7 nitrogen and oxygen atoms in total. The fraction of sp³-hybridized carbons (Fsp3) is 0.583. The number of aromatic nitrogens is 3. The number of hydrogen-bond acceptors (Lipinski definition) is 5. The van der Waals surface area contributed by atoms with Crippen molar-refractivity contribution in [3.8, 4) is 0 Å². The molecule has 1 atom stereocenters. The zero-order valence-electron chi connectivity index (χ0n) is 18.1. The van der Waals surface area contributed by atoms with Gasteiger partial charge in [-0.05, 0) is 43.7 Å². The van der Waals surface area contributed by atoms with Crippen LogP contribution in [0, 0.1) is 5.92 Å². The van der Waals surface area contributed by atoms with Gasteiger partial charge in [0.1, 0.15) is 11.5 Å². The van der Waals surface area contributed by atoms with E-state index in [1.807, 2.05) is 11.0 Å². The number of nitrogens with zero attached hydrogens (tertiary/aromatic N) is 4. The van der Waals surface area contributed by atoms with E-state index in [1.165, 1.54) is 32.1 Å². The molecule has 2 aliphatic heterocycles. The number of amides is 1. The molecule has 1 N–H and O–H groups in total. The highest BCUT2D eigenvalue weighted by Crippen LogP contribution is 2.31. The molecule has 1 aliphatic carbocycles. The summed E-state index contributed by atoms with van der Waals surface area (Å²) < 4.78 is 0. The SMILES string of the molecule is O=C(c1ccccn1)N1CCC[C@@H]1c1nc2c(c(=O)[nH]1)CN(CC1CCCCC1)CC2. The quantitative estimate of drug-likeness (QED) is 0.820. The van der Waals surface area contributed by atoms with Crippen molar-refractivity contribution in [3.05, 3.63) is 57.5 Å². The molecule has 2 aromatic heterocycles. The maximum absolute atomic E-state index is 13.0. The van der Waals surface area contributed by atoms with E-state index < -0.39 is 0 Å². The Kier molecular flexibility index (Phi) is 5.85. The monoisotopic (exact) mass is 421 g/mol. The van der Waals surface area contributed by atoms with Crippen molar-refractivity contribution in [2.24, 2.45) is 5.92 Å². The van der Waals surface area contributed by atoms with Crippen LogP contribution in [0.25, 0.3) is 0 Å². The van der Waals surface area contributed by atoms with Gasteiger partial charge < -0.3 is 9.88 Å². The van der Waals surface area contributed by atoms with Gasteiger partial charge in [-0.15, -0.1) is 0 Å². The maximum atomic E-state index is 13.0. The van der Waals surface area contributed by atoms with Gasteiger partial charge in [0.15, 0.2) is 0 Å². The Hall–Kier alpha value is -2.54. The lowest BCUT2D eigenvalue weighted by Crippen LogP contribution is -2.40. The third-order valence-corrected chi connectivity index (χ3v) is 7.12. The smallest absolute Gasteiger partial charge is 0.273 e. The van der Waals surface area contributed by atoms with Gasteiger partial charge in [-0.25, -0.2) is 4.98 Å². The number of H-pyrrole nitrogens is 1. The highest BCUT2D eigenvalue weighted by Gasteiger charge is 2.34. The van der Waals surface area contributed by atoms with Crippen LogP contribution in [0.4, 0.5) is 0 Å². The number of rotatable bonds is 4. The zero-order valence-corrected chi connectivity index (χ0v) is 18.1. The van der Waals surface area contributed by atoms with Crippen molar-refractivity contribution in [1.29, 1.82) is 0 Å². The van der Waals surface area contributed by atoms with Gasteiger partial charge in [-0.1, -0.05) is 25.3 Å². The Bertz CT molecular complexity index is 983. The standard InChI is InChI=1S/C24H31N5O2/c30-23-18-16-28(15-17-7-2-1-3-8-17)14-11-19(18)26-22(27-23)21-10-6-13-29(21)24(31)20-9-4-5-12-25-20/h4-5,9,12,17,21H,1-3,6-8,10-11,13-16H2,(H,26,27,30)/t21-/m1/s1. The van der Waals surface area contributed by atoms with Crippen LogP contribution >= 0.6 is 0 Å². The van der Waals surface area contributed by atoms with E-state index in [4.69, 9.17) is 4.98 Å². The molecule has 2 fully saturated rings. The third-order valence-electron chi connectivity index (χ3n) is 7.12. The van der Waals surface area contributed by atoms with Gasteiger partial charge in [-0.2, -0.15) is 0 Å². The number of carbonyl (C=O) groups is 1. The van der Waals surface area contributed by atoms with E-state index >= 15 is 0 Å². The van der Waals surface area contributed by atoms with Crippen molar-refractivity contribution < 1.29 is 4.79 Å². The fourth-order valence-corrected chi connectivity index (χ4v) is 5.48. The van der Waals surface area contributed by atoms with E-state index in [0.29, 0.717) is 24.6 Å². The van der Waals surface area contributed by atoms with Gasteiger partial charge in [0.25, 0.3) is 11.5 Å². The van der Waals surface area contributed by atoms with Crippen molar-refractivity contribution in [2.45, 2.75) is 64.0 Å². The van der Waals surface area contributed by atoms with Gasteiger partial charge in [0.2, 0.25) is 0 Å². The van der Waals surface area contributed by atoms with Crippen molar-refractivity contribution in [1.82, 2.24) is 24.8 Å². The molecule has 0 bridgehead atoms. The van der Waals surface area contributed by atoms with Gasteiger partial charge in [0, 0.05) is 38.8 Å². The molecule has 164 valence electrons. The fourth-order valence-electron chi connectivity index (χ4n) is 5.48. The average Bonchev–Trinajstić information content (AvgIpc) is 3.30. The summed E-state index contributed by atoms with van der Waals surface area (Å²) in [5.74, 6) is 1.31. The second-order valence-corrected chi connectivity index (χ2v) is 9.24. The van der Waals surface area contributed by atoms with E-state index in [9.17, 15) is 9.59 Å². The minimum absolute atomic E-state index is 0.0366. The lowest BCUT2D eigenvalue weighted by molar-refractivity contribution is 0.0723. The van der Waals surface area contributed by atoms with Crippen molar-refractivity contribution >= 4 is 5.91 Å². The Morgan fingerprint density at radius 1 is 1.10 bits per heavy atom. The Morgan fingerprint density at radius 2 is 1.97 bits per heavy atom. The summed E-state index contributed by atoms with van der Waals surface area (Å²) in [6, 6.07) is 5.18. The van der Waals surface area contributed by atoms with Crippen LogP contribution < -0.4 is 5.56 Å². The molecule has 0 unspecified atom stereocenters. The Balaban J connectivity index is 1.33. The van der Waals surface area contributed by atoms with Gasteiger partial charge >= 0.3 is 0 Å². The van der Waals surface area contributed by atoms with Gasteiger partial charge in [-0.3, -0.25) is 19.5 Å². The maximum Gasteiger partial charge on any atom is 0.273 e. The van der Waals surface area contributed by atoms with Crippen LogP contribution in [-0.2, 0) is 13.0 Å². The van der Waals surface area contributed by atoms with Gasteiger partial charge in [0.05, 0.1) is 17.3 Å². The lowest BCUT2D eigenvalue weighted by atomic mass is 9.88. The molecule has 5 rings (SSSR count). The van der Waals surface area contributed by atoms with E-state index in [-0.39, 0.29) is 17.5 Å². The summed E-state index contributed by atoms with van der Waals surface area (Å²) >= 11 is 0. The first-order valence-electron chi connectivity index (χ1n) is 11.8. The molecule has 1 saturated carbocycles. The Morgan fingerprint density at radius 3 is 2.77 bits per heavy atom. The molecule has 31 heavy (non-hydrogen) atoms. The first-order chi connectivity index (χ1) is 15.2. The minimum atomic E-state index is -0.187. The summed E-state index contributed by atoms with van der Waals surface area (Å²) in [5.41, 5.74) is 2.13. The van der Waals surface area contributed by atoms with E-state index in [2.05, 4.69) is 14.9 Å². The number of carbonyl (C=O) groups excluding carboxylic acids is 1. The largest absolute Gasteiger partial charge is 0.327 e. The summed E-state index contributed by atoms with van der Waals surface area (Å²) in [6.45, 7) is 3.40. The number of pyridine rings is 1. The molecule has 0 radical (unpaired) electrons. The number of fused-ring (bicyclic) bond motifs is 1. The summed E-state index contributed by atoms with van der Waals surface area (Å²) in [4.78, 5) is 42.3. The lowest BCUT2D eigenvalue weighted by Gasteiger charge is -2.33. The van der Waals surface area contributed by atoms with Crippen LogP contribution in [-0.4, -0.2) is 50.3 Å². The average molecular weight is 422 g/mol. The normalized spacial score (nSPS) is 22.5. The molecular formula is C24H31N5O2. The predicted molar refractivity (Wildman–Crippen MR) is 118 cm³/mol. The van der Waals surface area contributed by atoms with E-state index in [0.717, 1.165) is 49.5 Å². The predicted octanol–water partition coefficient (Wildman–Crippen LogP) is 3.08. The topological polar surface area (TPSA) is 82.2 Å². The molecule has 0 aromatic carbocycles. The van der Waals surface area contributed by atoms with Crippen molar-refractivity contribution in [2.75, 3.05) is 19.6 Å². The first-order valence-corrected chi connectivity index (χ1v) is 11.8. The molecule has 0 spiro atoms. The van der Waals surface area contributed by atoms with Crippen molar-refractivity contribution in [3.63, 3.8) is 0 Å². The summed E-state index contributed by atoms with van der Waals surface area (Å²) in [6.07, 6.45) is 10.8. The van der Waals surface area contributed by atoms with Crippen LogP contribution in [0.15, 0.2) is 29.2 Å². The molecule has 7 heteroatoms. The number of likely N-dealkylation sites (tertiary alicyclic amines) is 1. The second kappa shape index (κ2) is 8.91. The van der Waals surface area contributed by atoms with Crippen LogP contribution in [0.5, 0.6) is 0 Å². The van der Waals surface area contributed by atoms with E-state index in [1.54, 1.807) is 18.3 Å². The molecule has 3 aliphatic rings. The molecule has 2 aromatic rings. The summed E-state index contributed by atoms with van der Waals surface area (Å²) in [7, 11) is 0. The highest BCUT2D eigenvalue weighted by atomic mass is 16.2. The third kappa shape index (κ3) is 4.28. The van der Waals surface area contributed by atoms with Crippen LogP contribution in [0.2, 0.25) is 0 Å². The van der Waals surface area contributed by atoms with Crippen LogP contribution in [0.1, 0.15) is 78.6 Å². The number of aromatic amines is 1.